The summed E-state index contributed by atoms with van der Waals surface area (Å²) in [6.45, 7) is 5.70. The first kappa shape index (κ1) is 14.0. The molecule has 0 spiro atoms. The van der Waals surface area contributed by atoms with Gasteiger partial charge in [0, 0.05) is 17.5 Å². The minimum Gasteiger partial charge on any atom is -0.348 e. The van der Waals surface area contributed by atoms with Crippen molar-refractivity contribution in [2.24, 2.45) is 5.92 Å². The molecule has 0 radical (unpaired) electrons. The van der Waals surface area contributed by atoms with E-state index < -0.39 is 5.82 Å². The van der Waals surface area contributed by atoms with Gasteiger partial charge in [-0.3, -0.25) is 4.79 Å². The Morgan fingerprint density at radius 2 is 2.06 bits per heavy atom. The van der Waals surface area contributed by atoms with Crippen LogP contribution in [-0.2, 0) is 0 Å². The summed E-state index contributed by atoms with van der Waals surface area (Å²) >= 11 is 5.77. The minimum atomic E-state index is -0.401. The topological polar surface area (TPSA) is 29.1 Å². The SMILES string of the molecule is Cc1cc(F)cc(C(=O)NC(CCl)C(C)C)c1. The first-order valence-electron chi connectivity index (χ1n) is 5.58. The lowest BCUT2D eigenvalue weighted by molar-refractivity contribution is 0.0930. The van der Waals surface area contributed by atoms with Crippen molar-refractivity contribution in [2.45, 2.75) is 26.8 Å². The average Bonchev–Trinajstić information content (AvgIpc) is 2.23. The first-order valence-corrected chi connectivity index (χ1v) is 6.11. The number of halogens is 2. The highest BCUT2D eigenvalue weighted by Gasteiger charge is 2.16. The van der Waals surface area contributed by atoms with Gasteiger partial charge in [-0.15, -0.1) is 11.6 Å². The Kier molecular flexibility index (Phi) is 4.94. The van der Waals surface area contributed by atoms with Gasteiger partial charge < -0.3 is 5.32 Å². The molecule has 1 atom stereocenters. The maximum absolute atomic E-state index is 13.2. The highest BCUT2D eigenvalue weighted by Crippen LogP contribution is 2.10. The van der Waals surface area contributed by atoms with Crippen molar-refractivity contribution >= 4 is 17.5 Å². The van der Waals surface area contributed by atoms with E-state index in [0.29, 0.717) is 11.4 Å². The molecule has 1 unspecified atom stereocenters. The molecule has 0 saturated carbocycles. The normalized spacial score (nSPS) is 12.6. The summed E-state index contributed by atoms with van der Waals surface area (Å²) < 4.78 is 13.2. The number of carbonyl (C=O) groups is 1. The predicted octanol–water partition coefficient (Wildman–Crippen LogP) is 3.13. The molecule has 1 amide bonds. The molecule has 1 aromatic carbocycles. The molecule has 17 heavy (non-hydrogen) atoms. The molecule has 0 saturated heterocycles. The second kappa shape index (κ2) is 6.01. The van der Waals surface area contributed by atoms with E-state index in [1.165, 1.54) is 12.1 Å². The quantitative estimate of drug-likeness (QED) is 0.825. The van der Waals surface area contributed by atoms with E-state index in [9.17, 15) is 9.18 Å². The van der Waals surface area contributed by atoms with Crippen molar-refractivity contribution in [2.75, 3.05) is 5.88 Å². The zero-order valence-electron chi connectivity index (χ0n) is 10.3. The summed E-state index contributed by atoms with van der Waals surface area (Å²) in [6.07, 6.45) is 0. The standard InChI is InChI=1S/C13H17ClFNO/c1-8(2)12(7-14)16-13(17)10-4-9(3)5-11(15)6-10/h4-6,8,12H,7H2,1-3H3,(H,16,17). The van der Waals surface area contributed by atoms with Crippen LogP contribution in [0, 0.1) is 18.7 Å². The molecular weight excluding hydrogens is 241 g/mol. The lowest BCUT2D eigenvalue weighted by Crippen LogP contribution is -2.39. The zero-order chi connectivity index (χ0) is 13.0. The molecule has 1 aromatic rings. The Balaban J connectivity index is 2.82. The lowest BCUT2D eigenvalue weighted by atomic mass is 10.1. The van der Waals surface area contributed by atoms with E-state index in [4.69, 9.17) is 11.6 Å². The summed E-state index contributed by atoms with van der Waals surface area (Å²) in [4.78, 5) is 11.9. The van der Waals surface area contributed by atoms with Gasteiger partial charge in [-0.05, 0) is 36.6 Å². The van der Waals surface area contributed by atoms with Crippen molar-refractivity contribution in [3.63, 3.8) is 0 Å². The Morgan fingerprint density at radius 3 is 2.53 bits per heavy atom. The van der Waals surface area contributed by atoms with Gasteiger partial charge in [0.15, 0.2) is 0 Å². The molecule has 0 aliphatic rings. The van der Waals surface area contributed by atoms with Gasteiger partial charge in [0.25, 0.3) is 5.91 Å². The molecule has 0 heterocycles. The Bertz CT molecular complexity index is 386. The number of carbonyl (C=O) groups excluding carboxylic acids is 1. The number of hydrogen-bond acceptors (Lipinski definition) is 1. The van der Waals surface area contributed by atoms with Gasteiger partial charge in [-0.2, -0.15) is 0 Å². The van der Waals surface area contributed by atoms with Gasteiger partial charge >= 0.3 is 0 Å². The van der Waals surface area contributed by atoms with Crippen LogP contribution in [0.25, 0.3) is 0 Å². The second-order valence-corrected chi connectivity index (χ2v) is 4.80. The van der Waals surface area contributed by atoms with Crippen molar-refractivity contribution in [3.8, 4) is 0 Å². The smallest absolute Gasteiger partial charge is 0.251 e. The number of aryl methyl sites for hydroxylation is 1. The highest BCUT2D eigenvalue weighted by atomic mass is 35.5. The van der Waals surface area contributed by atoms with Crippen LogP contribution in [0.15, 0.2) is 18.2 Å². The molecule has 4 heteroatoms. The van der Waals surface area contributed by atoms with Crippen molar-refractivity contribution in [1.29, 1.82) is 0 Å². The van der Waals surface area contributed by atoms with Gasteiger partial charge in [0.05, 0.1) is 0 Å². The molecular formula is C13H17ClFNO. The number of alkyl halides is 1. The van der Waals surface area contributed by atoms with Gasteiger partial charge in [0.1, 0.15) is 5.82 Å². The number of amides is 1. The summed E-state index contributed by atoms with van der Waals surface area (Å²) in [7, 11) is 0. The third kappa shape index (κ3) is 4.00. The van der Waals surface area contributed by atoms with Crippen molar-refractivity contribution in [1.82, 2.24) is 5.32 Å². The maximum Gasteiger partial charge on any atom is 0.251 e. The van der Waals surface area contributed by atoms with Crippen LogP contribution in [0.4, 0.5) is 4.39 Å². The Hall–Kier alpha value is -1.09. The maximum atomic E-state index is 13.2. The monoisotopic (exact) mass is 257 g/mol. The molecule has 0 aliphatic carbocycles. The first-order chi connectivity index (χ1) is 7.93. The predicted molar refractivity (Wildman–Crippen MR) is 67.9 cm³/mol. The molecule has 1 rings (SSSR count). The third-order valence-electron chi connectivity index (χ3n) is 2.59. The van der Waals surface area contributed by atoms with Crippen LogP contribution in [-0.4, -0.2) is 17.8 Å². The number of benzene rings is 1. The summed E-state index contributed by atoms with van der Waals surface area (Å²) in [5, 5.41) is 2.80. The minimum absolute atomic E-state index is 0.104. The molecule has 0 aromatic heterocycles. The zero-order valence-corrected chi connectivity index (χ0v) is 11.0. The third-order valence-corrected chi connectivity index (χ3v) is 2.92. The van der Waals surface area contributed by atoms with Crippen LogP contribution in [0.1, 0.15) is 29.8 Å². The Morgan fingerprint density at radius 1 is 1.41 bits per heavy atom. The van der Waals surface area contributed by atoms with Crippen molar-refractivity contribution in [3.05, 3.63) is 35.1 Å². The van der Waals surface area contributed by atoms with Crippen LogP contribution in [0.5, 0.6) is 0 Å². The number of rotatable bonds is 4. The second-order valence-electron chi connectivity index (χ2n) is 4.50. The fraction of sp³-hybridized carbons (Fsp3) is 0.462. The van der Waals surface area contributed by atoms with Crippen LogP contribution < -0.4 is 5.32 Å². The van der Waals surface area contributed by atoms with Crippen LogP contribution in [0.3, 0.4) is 0 Å². The lowest BCUT2D eigenvalue weighted by Gasteiger charge is -2.19. The van der Waals surface area contributed by atoms with E-state index in [0.717, 1.165) is 5.56 Å². The summed E-state index contributed by atoms with van der Waals surface area (Å²) in [6, 6.07) is 4.17. The number of hydrogen-bond donors (Lipinski definition) is 1. The summed E-state index contributed by atoms with van der Waals surface area (Å²) in [5.41, 5.74) is 1.06. The summed E-state index contributed by atoms with van der Waals surface area (Å²) in [5.74, 6) is -0.0993. The fourth-order valence-corrected chi connectivity index (χ4v) is 1.94. The van der Waals surface area contributed by atoms with E-state index >= 15 is 0 Å². The van der Waals surface area contributed by atoms with Gasteiger partial charge in [-0.1, -0.05) is 13.8 Å². The van der Waals surface area contributed by atoms with Crippen molar-refractivity contribution < 1.29 is 9.18 Å². The molecule has 1 N–H and O–H groups in total. The van der Waals surface area contributed by atoms with E-state index in [1.807, 2.05) is 13.8 Å². The number of nitrogens with one attached hydrogen (secondary N) is 1. The van der Waals surface area contributed by atoms with Crippen LogP contribution >= 0.6 is 11.6 Å². The molecule has 2 nitrogen and oxygen atoms in total. The Labute approximate surface area is 106 Å². The largest absolute Gasteiger partial charge is 0.348 e. The highest BCUT2D eigenvalue weighted by molar-refractivity contribution is 6.18. The fourth-order valence-electron chi connectivity index (χ4n) is 1.50. The molecule has 0 fully saturated rings. The average molecular weight is 258 g/mol. The van der Waals surface area contributed by atoms with Gasteiger partial charge in [0.2, 0.25) is 0 Å². The van der Waals surface area contributed by atoms with E-state index in [1.54, 1.807) is 13.0 Å². The molecule has 94 valence electrons. The van der Waals surface area contributed by atoms with Gasteiger partial charge in [-0.25, -0.2) is 4.39 Å². The molecule has 0 aliphatic heterocycles. The molecule has 0 bridgehead atoms. The van der Waals surface area contributed by atoms with Crippen LogP contribution in [0.2, 0.25) is 0 Å². The van der Waals surface area contributed by atoms with E-state index in [2.05, 4.69) is 5.32 Å². The van der Waals surface area contributed by atoms with E-state index in [-0.39, 0.29) is 17.9 Å².